The van der Waals surface area contributed by atoms with Gasteiger partial charge in [0.25, 0.3) is 0 Å². The number of carbonyl (C=O) groups is 1. The van der Waals surface area contributed by atoms with E-state index >= 15 is 0 Å². The first-order valence-electron chi connectivity index (χ1n) is 3.04. The fourth-order valence-corrected chi connectivity index (χ4v) is 0.316. The van der Waals surface area contributed by atoms with Gasteiger partial charge in [0.1, 0.15) is 6.61 Å². The van der Waals surface area contributed by atoms with Gasteiger partial charge in [-0.15, -0.1) is 12.4 Å². The molecule has 66 valence electrons. The molecule has 0 aliphatic rings. The molecule has 3 nitrogen and oxygen atoms in total. The number of ether oxygens (including phenoxy) is 1. The van der Waals surface area contributed by atoms with E-state index in [1.54, 1.807) is 13.8 Å². The summed E-state index contributed by atoms with van der Waals surface area (Å²) in [7, 11) is 0. The third-order valence-electron chi connectivity index (χ3n) is 0.753. The Labute approximate surface area is 73.0 Å². The van der Waals surface area contributed by atoms with Crippen LogP contribution in [0.5, 0.6) is 0 Å². The molecule has 0 unspecified atom stereocenters. The highest BCUT2D eigenvalue weighted by Gasteiger charge is 2.11. The normalized spacial score (nSPS) is 9.73. The molecule has 0 bridgehead atoms. The number of esters is 1. The molecule has 0 radical (unpaired) electrons. The number of hydrogen-bond acceptors (Lipinski definition) is 3. The molecule has 0 atom stereocenters. The van der Waals surface area contributed by atoms with E-state index in [9.17, 15) is 4.79 Å². The molecule has 0 heterocycles. The molecule has 0 aliphatic heterocycles. The van der Waals surface area contributed by atoms with Crippen LogP contribution in [0.1, 0.15) is 13.8 Å². The minimum atomic E-state index is -0.460. The average Bonchev–Trinajstić information content (AvgIpc) is 1.81. The van der Waals surface area contributed by atoms with Gasteiger partial charge < -0.3 is 10.5 Å². The first-order chi connectivity index (χ1) is 4.45. The molecule has 0 rings (SSSR count). The van der Waals surface area contributed by atoms with Crippen molar-refractivity contribution in [1.29, 1.82) is 0 Å². The highest BCUT2D eigenvalue weighted by molar-refractivity contribution is 5.85. The molecule has 0 saturated heterocycles. The summed E-state index contributed by atoms with van der Waals surface area (Å²) in [5.41, 5.74) is 5.07. The summed E-state index contributed by atoms with van der Waals surface area (Å²) in [4.78, 5) is 10.5. The Balaban J connectivity index is 0. The van der Waals surface area contributed by atoms with Gasteiger partial charge in [-0.05, 0) is 13.8 Å². The first-order valence-corrected chi connectivity index (χ1v) is 3.04. The second kappa shape index (κ2) is 5.16. The maximum Gasteiger partial charge on any atom is 0.330 e. The zero-order valence-corrected chi connectivity index (χ0v) is 7.61. The molecule has 0 aromatic carbocycles. The van der Waals surface area contributed by atoms with Crippen LogP contribution in [0, 0.1) is 0 Å². The molecule has 0 saturated carbocycles. The van der Waals surface area contributed by atoms with Gasteiger partial charge >= 0.3 is 5.97 Å². The molecule has 0 fully saturated rings. The summed E-state index contributed by atoms with van der Waals surface area (Å²) in [6.07, 6.45) is 1.12. The molecule has 11 heavy (non-hydrogen) atoms. The Kier molecular flexibility index (Phi) is 6.13. The summed E-state index contributed by atoms with van der Waals surface area (Å²) in [5, 5.41) is 0. The fraction of sp³-hybridized carbons (Fsp3) is 0.571. The largest absolute Gasteiger partial charge is 0.461 e. The summed E-state index contributed by atoms with van der Waals surface area (Å²) < 4.78 is 4.67. The molecule has 0 aromatic rings. The minimum Gasteiger partial charge on any atom is -0.461 e. The summed E-state index contributed by atoms with van der Waals surface area (Å²) in [5.74, 6) is -0.432. The van der Waals surface area contributed by atoms with E-state index in [-0.39, 0.29) is 19.0 Å². The van der Waals surface area contributed by atoms with Crippen LogP contribution < -0.4 is 5.73 Å². The Morgan fingerprint density at radius 2 is 2.18 bits per heavy atom. The molecular weight excluding hydrogens is 166 g/mol. The zero-order chi connectivity index (χ0) is 8.20. The molecule has 0 aromatic heterocycles. The quantitative estimate of drug-likeness (QED) is 0.517. The van der Waals surface area contributed by atoms with Crippen LogP contribution in [0.25, 0.3) is 0 Å². The van der Waals surface area contributed by atoms with Crippen molar-refractivity contribution in [3.63, 3.8) is 0 Å². The van der Waals surface area contributed by atoms with Crippen molar-refractivity contribution in [2.45, 2.75) is 19.4 Å². The molecule has 2 N–H and O–H groups in total. The maximum absolute atomic E-state index is 10.5. The van der Waals surface area contributed by atoms with Crippen molar-refractivity contribution in [3.05, 3.63) is 12.7 Å². The van der Waals surface area contributed by atoms with E-state index < -0.39 is 11.5 Å². The van der Waals surface area contributed by atoms with Crippen molar-refractivity contribution in [2.75, 3.05) is 6.61 Å². The number of halogens is 1. The lowest BCUT2D eigenvalue weighted by Gasteiger charge is -2.16. The van der Waals surface area contributed by atoms with Crippen molar-refractivity contribution in [3.8, 4) is 0 Å². The monoisotopic (exact) mass is 179 g/mol. The van der Waals surface area contributed by atoms with Gasteiger partial charge in [-0.1, -0.05) is 6.58 Å². The Hall–Kier alpha value is -0.540. The SMILES string of the molecule is C=CC(=O)OCC(C)(C)N.Cl. The van der Waals surface area contributed by atoms with Crippen molar-refractivity contribution in [1.82, 2.24) is 0 Å². The Morgan fingerprint density at radius 1 is 1.73 bits per heavy atom. The van der Waals surface area contributed by atoms with E-state index in [1.807, 2.05) is 0 Å². The van der Waals surface area contributed by atoms with Crippen LogP contribution in [0.3, 0.4) is 0 Å². The Morgan fingerprint density at radius 3 is 2.45 bits per heavy atom. The number of hydrogen-bond donors (Lipinski definition) is 1. The predicted octanol–water partition coefficient (Wildman–Crippen LogP) is 0.875. The smallest absolute Gasteiger partial charge is 0.330 e. The van der Waals surface area contributed by atoms with E-state index in [2.05, 4.69) is 11.3 Å². The predicted molar refractivity (Wildman–Crippen MR) is 46.7 cm³/mol. The zero-order valence-electron chi connectivity index (χ0n) is 6.79. The van der Waals surface area contributed by atoms with Crippen LogP contribution in [0.4, 0.5) is 0 Å². The Bertz CT molecular complexity index is 140. The second-order valence-electron chi connectivity index (χ2n) is 2.80. The lowest BCUT2D eigenvalue weighted by Crippen LogP contribution is -2.38. The third kappa shape index (κ3) is 9.46. The van der Waals surface area contributed by atoms with Gasteiger partial charge in [-0.2, -0.15) is 0 Å². The van der Waals surface area contributed by atoms with Crippen molar-refractivity contribution < 1.29 is 9.53 Å². The third-order valence-corrected chi connectivity index (χ3v) is 0.753. The maximum atomic E-state index is 10.5. The van der Waals surface area contributed by atoms with Gasteiger partial charge in [0.2, 0.25) is 0 Å². The van der Waals surface area contributed by atoms with E-state index in [0.29, 0.717) is 0 Å². The van der Waals surface area contributed by atoms with E-state index in [4.69, 9.17) is 5.73 Å². The van der Waals surface area contributed by atoms with Crippen molar-refractivity contribution >= 4 is 18.4 Å². The van der Waals surface area contributed by atoms with E-state index in [0.717, 1.165) is 6.08 Å². The van der Waals surface area contributed by atoms with Crippen molar-refractivity contribution in [2.24, 2.45) is 5.73 Å². The molecule has 4 heteroatoms. The van der Waals surface area contributed by atoms with Gasteiger partial charge in [0.05, 0.1) is 0 Å². The highest BCUT2D eigenvalue weighted by atomic mass is 35.5. The summed E-state index contributed by atoms with van der Waals surface area (Å²) >= 11 is 0. The standard InChI is InChI=1S/C7H13NO2.ClH/c1-4-6(9)10-5-7(2,3)8;/h4H,1,5,8H2,2-3H3;1H. The van der Waals surface area contributed by atoms with Crippen LogP contribution in [0.15, 0.2) is 12.7 Å². The van der Waals surface area contributed by atoms with Gasteiger partial charge in [0.15, 0.2) is 0 Å². The number of carbonyl (C=O) groups excluding carboxylic acids is 1. The topological polar surface area (TPSA) is 52.3 Å². The van der Waals surface area contributed by atoms with Crippen LogP contribution >= 0.6 is 12.4 Å². The first kappa shape index (κ1) is 13.1. The molecule has 0 amide bonds. The van der Waals surface area contributed by atoms with Gasteiger partial charge in [-0.25, -0.2) is 4.79 Å². The van der Waals surface area contributed by atoms with E-state index in [1.165, 1.54) is 0 Å². The lowest BCUT2D eigenvalue weighted by molar-refractivity contribution is -0.139. The van der Waals surface area contributed by atoms with Crippen LogP contribution in [-0.2, 0) is 9.53 Å². The lowest BCUT2D eigenvalue weighted by atomic mass is 10.1. The van der Waals surface area contributed by atoms with Gasteiger partial charge in [0, 0.05) is 11.6 Å². The molecular formula is C7H14ClNO2. The van der Waals surface area contributed by atoms with Crippen LogP contribution in [0.2, 0.25) is 0 Å². The van der Waals surface area contributed by atoms with Crippen LogP contribution in [-0.4, -0.2) is 18.1 Å². The highest BCUT2D eigenvalue weighted by Crippen LogP contribution is 1.96. The molecule has 0 spiro atoms. The minimum absolute atomic E-state index is 0. The average molecular weight is 180 g/mol. The number of nitrogens with two attached hydrogens (primary N) is 1. The second-order valence-corrected chi connectivity index (χ2v) is 2.80. The van der Waals surface area contributed by atoms with Gasteiger partial charge in [-0.3, -0.25) is 0 Å². The fourth-order valence-electron chi connectivity index (χ4n) is 0.316. The number of rotatable bonds is 3. The summed E-state index contributed by atoms with van der Waals surface area (Å²) in [6.45, 7) is 7.03. The summed E-state index contributed by atoms with van der Waals surface area (Å²) in [6, 6.07) is 0. The molecule has 0 aliphatic carbocycles.